The minimum absolute atomic E-state index is 0.141. The van der Waals surface area contributed by atoms with E-state index >= 15 is 0 Å². The molecule has 0 radical (unpaired) electrons. The molecule has 0 aliphatic heterocycles. The van der Waals surface area contributed by atoms with Crippen LogP contribution in [0.15, 0.2) is 30.3 Å². The summed E-state index contributed by atoms with van der Waals surface area (Å²) in [6.45, 7) is 3.89. The van der Waals surface area contributed by atoms with Crippen LogP contribution in [0.4, 0.5) is 0 Å². The van der Waals surface area contributed by atoms with Crippen LogP contribution in [0.1, 0.15) is 23.1 Å². The van der Waals surface area contributed by atoms with E-state index in [0.29, 0.717) is 9.53 Å². The predicted molar refractivity (Wildman–Crippen MR) is 80.1 cm³/mol. The van der Waals surface area contributed by atoms with Crippen LogP contribution in [0, 0.1) is 11.4 Å². The van der Waals surface area contributed by atoms with Gasteiger partial charge in [-0.3, -0.25) is 0 Å². The Hall–Kier alpha value is -1.72. The Morgan fingerprint density at radius 2 is 2.05 bits per heavy atom. The van der Waals surface area contributed by atoms with Crippen molar-refractivity contribution < 1.29 is 9.53 Å². The van der Waals surface area contributed by atoms with Gasteiger partial charge in [-0.1, -0.05) is 23.8 Å². The number of carbonyl (C=O) groups excluding carboxylic acids is 1. The molecule has 0 saturated heterocycles. The monoisotopic (exact) mass is 308 g/mol. The molecule has 1 aromatic heterocycles. The molecule has 20 heavy (non-hydrogen) atoms. The van der Waals surface area contributed by atoms with Crippen molar-refractivity contribution in [2.45, 2.75) is 13.8 Å². The van der Waals surface area contributed by atoms with Gasteiger partial charge in [-0.15, -0.1) is 0 Å². The van der Waals surface area contributed by atoms with Crippen molar-refractivity contribution in [3.8, 4) is 5.69 Å². The van der Waals surface area contributed by atoms with Crippen molar-refractivity contribution in [1.82, 2.24) is 9.78 Å². The summed E-state index contributed by atoms with van der Waals surface area (Å²) >= 11 is 11.0. The zero-order chi connectivity index (χ0) is 14.7. The van der Waals surface area contributed by atoms with E-state index in [-0.39, 0.29) is 12.3 Å². The summed E-state index contributed by atoms with van der Waals surface area (Å²) in [5.41, 5.74) is 1.76. The number of ether oxygens (including phenoxy) is 1. The Kier molecular flexibility index (Phi) is 4.52. The number of hydrogen-bond acceptors (Lipinski definition) is 4. The third-order valence-corrected chi connectivity index (χ3v) is 3.21. The van der Waals surface area contributed by atoms with Crippen molar-refractivity contribution in [1.29, 1.82) is 0 Å². The lowest BCUT2D eigenvalue weighted by molar-refractivity contribution is 0.0516. The van der Waals surface area contributed by atoms with Gasteiger partial charge in [-0.25, -0.2) is 9.48 Å². The first-order chi connectivity index (χ1) is 9.52. The lowest BCUT2D eigenvalue weighted by Crippen LogP contribution is -2.14. The Balaban J connectivity index is 2.54. The molecular formula is C14H13ClN2O2S. The molecule has 104 valence electrons. The molecule has 0 spiro atoms. The number of aromatic nitrogens is 2. The van der Waals surface area contributed by atoms with Gasteiger partial charge >= 0.3 is 5.97 Å². The van der Waals surface area contributed by atoms with Crippen molar-refractivity contribution >= 4 is 29.8 Å². The fourth-order valence-electron chi connectivity index (χ4n) is 1.73. The Labute approximate surface area is 127 Å². The average Bonchev–Trinajstić information content (AvgIpc) is 2.40. The number of hydrogen-bond donors (Lipinski definition) is 0. The second-order valence-electron chi connectivity index (χ2n) is 4.11. The maximum absolute atomic E-state index is 11.8. The van der Waals surface area contributed by atoms with E-state index in [1.165, 1.54) is 0 Å². The van der Waals surface area contributed by atoms with Crippen LogP contribution < -0.4 is 0 Å². The van der Waals surface area contributed by atoms with Gasteiger partial charge in [0.1, 0.15) is 0 Å². The molecule has 0 fully saturated rings. The lowest BCUT2D eigenvalue weighted by Gasteiger charge is -2.11. The van der Waals surface area contributed by atoms with Crippen LogP contribution in [-0.4, -0.2) is 22.4 Å². The molecule has 0 N–H and O–H groups in total. The SMILES string of the molecule is CCOC(=O)c1nn(-c2ccc(Cl)cc2)c(C)cc1=S. The number of rotatable bonds is 3. The summed E-state index contributed by atoms with van der Waals surface area (Å²) in [6, 6.07) is 8.89. The van der Waals surface area contributed by atoms with E-state index in [2.05, 4.69) is 5.10 Å². The van der Waals surface area contributed by atoms with Gasteiger partial charge in [-0.05, 0) is 44.2 Å². The van der Waals surface area contributed by atoms with Gasteiger partial charge in [0.25, 0.3) is 0 Å². The molecule has 0 bridgehead atoms. The quantitative estimate of drug-likeness (QED) is 0.640. The summed E-state index contributed by atoms with van der Waals surface area (Å²) in [5.74, 6) is -0.514. The molecular weight excluding hydrogens is 296 g/mol. The summed E-state index contributed by atoms with van der Waals surface area (Å²) < 4.78 is 6.97. The molecule has 0 aliphatic rings. The molecule has 6 heteroatoms. The second-order valence-corrected chi connectivity index (χ2v) is 4.98. The summed E-state index contributed by atoms with van der Waals surface area (Å²) in [5, 5.41) is 4.92. The van der Waals surface area contributed by atoms with E-state index in [9.17, 15) is 4.79 Å². The van der Waals surface area contributed by atoms with E-state index in [4.69, 9.17) is 28.6 Å². The van der Waals surface area contributed by atoms with E-state index < -0.39 is 5.97 Å². The van der Waals surface area contributed by atoms with Gasteiger partial charge in [0.15, 0.2) is 5.69 Å². The topological polar surface area (TPSA) is 44.1 Å². The van der Waals surface area contributed by atoms with Crippen molar-refractivity contribution in [2.75, 3.05) is 6.61 Å². The Morgan fingerprint density at radius 1 is 1.40 bits per heavy atom. The smallest absolute Gasteiger partial charge is 0.360 e. The Morgan fingerprint density at radius 3 is 2.65 bits per heavy atom. The van der Waals surface area contributed by atoms with Crippen molar-refractivity contribution in [2.24, 2.45) is 0 Å². The van der Waals surface area contributed by atoms with E-state index in [1.54, 1.807) is 29.8 Å². The zero-order valence-corrected chi connectivity index (χ0v) is 12.7. The second kappa shape index (κ2) is 6.15. The van der Waals surface area contributed by atoms with Crippen LogP contribution in [0.3, 0.4) is 0 Å². The lowest BCUT2D eigenvalue weighted by atomic mass is 10.3. The molecule has 0 saturated carbocycles. The predicted octanol–water partition coefficient (Wildman–Crippen LogP) is 3.74. The first kappa shape index (κ1) is 14.7. The summed E-state index contributed by atoms with van der Waals surface area (Å²) in [6.07, 6.45) is 0. The first-order valence-corrected chi connectivity index (χ1v) is 6.85. The fourth-order valence-corrected chi connectivity index (χ4v) is 2.15. The zero-order valence-electron chi connectivity index (χ0n) is 11.1. The maximum Gasteiger partial charge on any atom is 0.360 e. The average molecular weight is 309 g/mol. The van der Waals surface area contributed by atoms with Crippen molar-refractivity contribution in [3.63, 3.8) is 0 Å². The molecule has 0 unspecified atom stereocenters. The highest BCUT2D eigenvalue weighted by Gasteiger charge is 2.13. The molecule has 0 aliphatic carbocycles. The van der Waals surface area contributed by atoms with Gasteiger partial charge in [0.05, 0.1) is 16.8 Å². The number of nitrogens with zero attached hydrogens (tertiary/aromatic N) is 2. The molecule has 0 amide bonds. The first-order valence-electron chi connectivity index (χ1n) is 6.07. The largest absolute Gasteiger partial charge is 0.461 e. The minimum Gasteiger partial charge on any atom is -0.461 e. The maximum atomic E-state index is 11.8. The van der Waals surface area contributed by atoms with Crippen molar-refractivity contribution in [3.05, 3.63) is 51.3 Å². The van der Waals surface area contributed by atoms with Crippen LogP contribution in [-0.2, 0) is 4.74 Å². The fraction of sp³-hybridized carbons (Fsp3) is 0.214. The van der Waals surface area contributed by atoms with Gasteiger partial charge < -0.3 is 4.74 Å². The number of halogens is 1. The van der Waals surface area contributed by atoms with E-state index in [0.717, 1.165) is 11.4 Å². The Bertz CT molecular complexity index is 695. The molecule has 1 aromatic carbocycles. The van der Waals surface area contributed by atoms with Gasteiger partial charge in [0, 0.05) is 10.7 Å². The number of carbonyl (C=O) groups is 1. The summed E-state index contributed by atoms with van der Waals surface area (Å²) in [4.78, 5) is 11.8. The number of benzene rings is 1. The molecule has 0 atom stereocenters. The molecule has 2 aromatic rings. The van der Waals surface area contributed by atoms with Gasteiger partial charge in [0.2, 0.25) is 0 Å². The van der Waals surface area contributed by atoms with Crippen LogP contribution in [0.2, 0.25) is 5.02 Å². The summed E-state index contributed by atoms with van der Waals surface area (Å²) in [7, 11) is 0. The minimum atomic E-state index is -0.514. The van der Waals surface area contributed by atoms with Crippen LogP contribution >= 0.6 is 23.8 Å². The molecule has 4 nitrogen and oxygen atoms in total. The normalized spacial score (nSPS) is 10.3. The molecule has 1 heterocycles. The van der Waals surface area contributed by atoms with Crippen LogP contribution in [0.25, 0.3) is 5.69 Å². The highest BCUT2D eigenvalue weighted by atomic mass is 35.5. The highest BCUT2D eigenvalue weighted by molar-refractivity contribution is 7.71. The number of aryl methyl sites for hydroxylation is 1. The van der Waals surface area contributed by atoms with Gasteiger partial charge in [-0.2, -0.15) is 5.10 Å². The third kappa shape index (κ3) is 3.05. The standard InChI is InChI=1S/C14H13ClN2O2S/c1-3-19-14(18)13-12(20)8-9(2)17(16-13)11-6-4-10(15)5-7-11/h4-8H,3H2,1-2H3. The number of esters is 1. The molecule has 2 rings (SSSR count). The van der Waals surface area contributed by atoms with Crippen LogP contribution in [0.5, 0.6) is 0 Å². The third-order valence-electron chi connectivity index (χ3n) is 2.65. The van der Waals surface area contributed by atoms with E-state index in [1.807, 2.05) is 19.1 Å². The highest BCUT2D eigenvalue weighted by Crippen LogP contribution is 2.15.